The third-order valence-corrected chi connectivity index (χ3v) is 3.18. The number of fused-ring (bicyclic) bond motifs is 1. The Bertz CT molecular complexity index is 476. The number of amides is 3. The second-order valence-electron chi connectivity index (χ2n) is 4.34. The van der Waals surface area contributed by atoms with E-state index in [9.17, 15) is 9.59 Å². The molecule has 18 heavy (non-hydrogen) atoms. The van der Waals surface area contributed by atoms with Crippen LogP contribution in [0.2, 0.25) is 0 Å². The Hall–Kier alpha value is -1.55. The number of alkyl halides is 1. The molecule has 3 amide bonds. The maximum absolute atomic E-state index is 12.1. The fourth-order valence-electron chi connectivity index (χ4n) is 2.20. The number of nitrogens with zero attached hydrogens (tertiary/aromatic N) is 1. The Kier molecular flexibility index (Phi) is 3.87. The minimum Gasteiger partial charge on any atom is -0.291 e. The van der Waals surface area contributed by atoms with E-state index in [1.165, 1.54) is 0 Å². The lowest BCUT2D eigenvalue weighted by molar-refractivity contribution is -0.119. The Balaban J connectivity index is 2.13. The number of para-hydroxylation sites is 1. The Morgan fingerprint density at radius 1 is 1.44 bits per heavy atom. The number of carbonyl (C=O) groups excluding carboxylic acids is 2. The fraction of sp³-hybridized carbons (Fsp3) is 0.385. The third kappa shape index (κ3) is 2.48. The second kappa shape index (κ2) is 5.40. The van der Waals surface area contributed by atoms with Gasteiger partial charge in [0, 0.05) is 24.0 Å². The summed E-state index contributed by atoms with van der Waals surface area (Å²) in [5.74, 6) is -0.128. The number of halogens is 1. The molecule has 1 atom stereocenters. The smallest absolute Gasteiger partial charge is 0.291 e. The minimum absolute atomic E-state index is 0.0613. The monoisotopic (exact) mass is 266 g/mol. The van der Waals surface area contributed by atoms with Crippen molar-refractivity contribution in [1.29, 1.82) is 0 Å². The van der Waals surface area contributed by atoms with Gasteiger partial charge in [0.15, 0.2) is 0 Å². The standard InChI is InChI=1S/C13H15ClN2O2/c1-9-8-10-4-2-3-5-11(10)16(9)13(18)15-12(17)6-7-14/h2-5,9H,6-8H2,1H3,(H,15,17,18). The molecule has 0 bridgehead atoms. The van der Waals surface area contributed by atoms with Crippen LogP contribution in [-0.4, -0.2) is 23.9 Å². The highest BCUT2D eigenvalue weighted by Gasteiger charge is 2.31. The molecule has 0 saturated carbocycles. The first-order valence-electron chi connectivity index (χ1n) is 5.90. The molecule has 0 radical (unpaired) electrons. The van der Waals surface area contributed by atoms with Crippen LogP contribution in [0.1, 0.15) is 18.9 Å². The van der Waals surface area contributed by atoms with E-state index >= 15 is 0 Å². The number of urea groups is 1. The summed E-state index contributed by atoms with van der Waals surface area (Å²) in [5, 5.41) is 2.36. The van der Waals surface area contributed by atoms with Crippen LogP contribution in [0.25, 0.3) is 0 Å². The van der Waals surface area contributed by atoms with E-state index in [1.807, 2.05) is 31.2 Å². The van der Waals surface area contributed by atoms with Gasteiger partial charge < -0.3 is 0 Å². The van der Waals surface area contributed by atoms with Gasteiger partial charge in [0.2, 0.25) is 5.91 Å². The van der Waals surface area contributed by atoms with E-state index in [2.05, 4.69) is 5.32 Å². The number of hydrogen-bond donors (Lipinski definition) is 1. The summed E-state index contributed by atoms with van der Waals surface area (Å²) in [6.07, 6.45) is 0.963. The number of hydrogen-bond acceptors (Lipinski definition) is 2. The molecular weight excluding hydrogens is 252 g/mol. The number of carbonyl (C=O) groups is 2. The maximum Gasteiger partial charge on any atom is 0.328 e. The molecule has 0 fully saturated rings. The lowest BCUT2D eigenvalue weighted by Crippen LogP contribution is -2.45. The number of anilines is 1. The molecule has 1 aromatic carbocycles. The molecule has 5 heteroatoms. The van der Waals surface area contributed by atoms with Crippen molar-refractivity contribution < 1.29 is 9.59 Å². The van der Waals surface area contributed by atoms with Crippen molar-refractivity contribution in [3.8, 4) is 0 Å². The molecule has 96 valence electrons. The highest BCUT2D eigenvalue weighted by molar-refractivity contribution is 6.19. The number of imide groups is 1. The predicted octanol–water partition coefficient (Wildman–Crippen LogP) is 2.30. The van der Waals surface area contributed by atoms with Crippen LogP contribution in [0.15, 0.2) is 24.3 Å². The summed E-state index contributed by atoms with van der Waals surface area (Å²) >= 11 is 5.46. The lowest BCUT2D eigenvalue weighted by Gasteiger charge is -2.22. The van der Waals surface area contributed by atoms with E-state index < -0.39 is 0 Å². The number of benzene rings is 1. The SMILES string of the molecule is CC1Cc2ccccc2N1C(=O)NC(=O)CCCl. The highest BCUT2D eigenvalue weighted by Crippen LogP contribution is 2.31. The normalized spacial score (nSPS) is 17.4. The fourth-order valence-corrected chi connectivity index (χ4v) is 2.37. The Morgan fingerprint density at radius 3 is 2.89 bits per heavy atom. The van der Waals surface area contributed by atoms with Crippen LogP contribution in [0.4, 0.5) is 10.5 Å². The number of nitrogens with one attached hydrogen (secondary N) is 1. The van der Waals surface area contributed by atoms with Crippen molar-refractivity contribution in [2.45, 2.75) is 25.8 Å². The molecule has 0 saturated heterocycles. The van der Waals surface area contributed by atoms with Gasteiger partial charge in [-0.05, 0) is 25.0 Å². The van der Waals surface area contributed by atoms with E-state index in [-0.39, 0.29) is 30.3 Å². The third-order valence-electron chi connectivity index (χ3n) is 2.99. The lowest BCUT2D eigenvalue weighted by atomic mass is 10.1. The first-order valence-corrected chi connectivity index (χ1v) is 6.44. The minimum atomic E-state index is -0.373. The van der Waals surface area contributed by atoms with E-state index in [0.717, 1.165) is 17.7 Å². The van der Waals surface area contributed by atoms with E-state index in [1.54, 1.807) is 4.90 Å². The predicted molar refractivity (Wildman–Crippen MR) is 71.0 cm³/mol. The second-order valence-corrected chi connectivity index (χ2v) is 4.72. The van der Waals surface area contributed by atoms with E-state index in [4.69, 9.17) is 11.6 Å². The van der Waals surface area contributed by atoms with Gasteiger partial charge in [-0.3, -0.25) is 15.0 Å². The molecule has 1 aromatic rings. The van der Waals surface area contributed by atoms with Gasteiger partial charge in [0.25, 0.3) is 0 Å². The maximum atomic E-state index is 12.1. The zero-order chi connectivity index (χ0) is 13.1. The van der Waals surface area contributed by atoms with Crippen molar-refractivity contribution in [3.63, 3.8) is 0 Å². The van der Waals surface area contributed by atoms with Crippen LogP contribution >= 0.6 is 11.6 Å². The van der Waals surface area contributed by atoms with Crippen LogP contribution in [-0.2, 0) is 11.2 Å². The van der Waals surface area contributed by atoms with Gasteiger partial charge in [-0.2, -0.15) is 0 Å². The highest BCUT2D eigenvalue weighted by atomic mass is 35.5. The average molecular weight is 267 g/mol. The van der Waals surface area contributed by atoms with Gasteiger partial charge >= 0.3 is 6.03 Å². The zero-order valence-electron chi connectivity index (χ0n) is 10.1. The zero-order valence-corrected chi connectivity index (χ0v) is 10.9. The largest absolute Gasteiger partial charge is 0.328 e. The summed E-state index contributed by atoms with van der Waals surface area (Å²) in [7, 11) is 0. The quantitative estimate of drug-likeness (QED) is 0.835. The molecular formula is C13H15ClN2O2. The molecule has 1 aliphatic heterocycles. The van der Waals surface area contributed by atoms with Crippen molar-refractivity contribution >= 4 is 29.2 Å². The summed E-state index contributed by atoms with van der Waals surface area (Å²) in [4.78, 5) is 25.1. The average Bonchev–Trinajstić information content (AvgIpc) is 2.64. The van der Waals surface area contributed by atoms with Gasteiger partial charge in [-0.15, -0.1) is 11.6 Å². The first-order chi connectivity index (χ1) is 8.63. The van der Waals surface area contributed by atoms with Gasteiger partial charge in [-0.25, -0.2) is 4.79 Å². The van der Waals surface area contributed by atoms with Crippen molar-refractivity contribution in [2.75, 3.05) is 10.8 Å². The Labute approximate surface area is 111 Å². The summed E-state index contributed by atoms with van der Waals surface area (Å²) in [6, 6.07) is 7.42. The molecule has 1 heterocycles. The molecule has 0 aliphatic carbocycles. The van der Waals surface area contributed by atoms with Crippen molar-refractivity contribution in [1.82, 2.24) is 5.32 Å². The molecule has 0 spiro atoms. The van der Waals surface area contributed by atoms with Crippen LogP contribution in [0, 0.1) is 0 Å². The molecule has 1 N–H and O–H groups in total. The summed E-state index contributed by atoms with van der Waals surface area (Å²) in [5.41, 5.74) is 2.01. The van der Waals surface area contributed by atoms with Crippen molar-refractivity contribution in [2.24, 2.45) is 0 Å². The number of rotatable bonds is 2. The van der Waals surface area contributed by atoms with E-state index in [0.29, 0.717) is 0 Å². The topological polar surface area (TPSA) is 49.4 Å². The first kappa shape index (κ1) is 12.9. The Morgan fingerprint density at radius 2 is 2.17 bits per heavy atom. The van der Waals surface area contributed by atoms with Crippen LogP contribution < -0.4 is 10.2 Å². The van der Waals surface area contributed by atoms with Gasteiger partial charge in [-0.1, -0.05) is 18.2 Å². The molecule has 1 aliphatic rings. The molecule has 0 aromatic heterocycles. The summed E-state index contributed by atoms with van der Waals surface area (Å²) in [6.45, 7) is 1.96. The summed E-state index contributed by atoms with van der Waals surface area (Å²) < 4.78 is 0. The van der Waals surface area contributed by atoms with Gasteiger partial charge in [0.05, 0.1) is 0 Å². The molecule has 1 unspecified atom stereocenters. The van der Waals surface area contributed by atoms with Crippen LogP contribution in [0.5, 0.6) is 0 Å². The molecule has 4 nitrogen and oxygen atoms in total. The van der Waals surface area contributed by atoms with Crippen LogP contribution in [0.3, 0.4) is 0 Å². The molecule has 2 rings (SSSR count). The van der Waals surface area contributed by atoms with Crippen molar-refractivity contribution in [3.05, 3.63) is 29.8 Å². The van der Waals surface area contributed by atoms with Gasteiger partial charge in [0.1, 0.15) is 0 Å².